The Morgan fingerprint density at radius 2 is 1.49 bits per heavy atom. The molecular weight excluding hydrogens is 810 g/mol. The molecule has 6 rings (SSSR count). The maximum absolute atomic E-state index is 12.9. The summed E-state index contributed by atoms with van der Waals surface area (Å²) in [6.45, 7) is 11.2. The van der Waals surface area contributed by atoms with Crippen LogP contribution in [0.5, 0.6) is 5.75 Å². The topological polar surface area (TPSA) is 75.7 Å². The van der Waals surface area contributed by atoms with Crippen molar-refractivity contribution in [3.63, 3.8) is 0 Å². The summed E-state index contributed by atoms with van der Waals surface area (Å²) in [5.74, 6) is 0.509. The van der Waals surface area contributed by atoms with Crippen molar-refractivity contribution in [3.05, 3.63) is 135 Å². The number of carbonyl (C=O) groups excluding carboxylic acids is 1. The second-order valence-corrected chi connectivity index (χ2v) is 17.3. The van der Waals surface area contributed by atoms with Crippen LogP contribution < -0.4 is 14.3 Å². The maximum atomic E-state index is 12.9. The fraction of sp³-hybridized carbons (Fsp3) is 0.282. The number of nitro groups is 1. The van der Waals surface area contributed by atoms with Gasteiger partial charge >= 0.3 is 40.3 Å². The van der Waals surface area contributed by atoms with Crippen LogP contribution in [0, 0.1) is 10.1 Å². The quantitative estimate of drug-likeness (QED) is 0.0331. The van der Waals surface area contributed by atoms with Crippen LogP contribution >= 0.6 is 0 Å². The summed E-state index contributed by atoms with van der Waals surface area (Å²) < 4.78 is 57.4. The van der Waals surface area contributed by atoms with Crippen LogP contribution in [0.3, 0.4) is 0 Å². The van der Waals surface area contributed by atoms with E-state index >= 15 is 0 Å². The van der Waals surface area contributed by atoms with E-state index in [1.54, 1.807) is 24.3 Å². The molecule has 7 nitrogen and oxygen atoms in total. The van der Waals surface area contributed by atoms with E-state index < -0.39 is 31.7 Å². The van der Waals surface area contributed by atoms with Gasteiger partial charge in [0.15, 0.2) is 12.3 Å². The van der Waals surface area contributed by atoms with Gasteiger partial charge < -0.3 is 14.3 Å². The Labute approximate surface area is 309 Å². The molecule has 2 heterocycles. The fourth-order valence-electron chi connectivity index (χ4n) is 6.41. The molecule has 1 saturated heterocycles. The molecule has 2 aliphatic rings. The molecule has 0 spiro atoms. The number of carbonyl (C=O) groups is 1. The zero-order valence-electron chi connectivity index (χ0n) is 29.6. The van der Waals surface area contributed by atoms with E-state index in [9.17, 15) is 29.0 Å². The van der Waals surface area contributed by atoms with Gasteiger partial charge in [0, 0.05) is 54.2 Å². The minimum absolute atomic E-state index is 0. The first-order valence-electron chi connectivity index (χ1n) is 16.8. The molecule has 4 aromatic carbocycles. The summed E-state index contributed by atoms with van der Waals surface area (Å²) in [5, 5.41) is 11.7. The van der Waals surface area contributed by atoms with Gasteiger partial charge in [-0.05, 0) is 86.2 Å². The molecule has 1 fully saturated rings. The van der Waals surface area contributed by atoms with Gasteiger partial charge in [-0.1, -0.05) is 50.2 Å². The average Bonchev–Trinajstić information content (AvgIpc) is 3.68. The molecule has 0 bridgehead atoms. The molecule has 0 saturated carbocycles. The Bertz CT molecular complexity index is 1990. The van der Waals surface area contributed by atoms with E-state index in [-0.39, 0.29) is 15.3 Å². The molecule has 2 aliphatic heterocycles. The summed E-state index contributed by atoms with van der Waals surface area (Å²) in [6.07, 6.45) is 6.73. The van der Waals surface area contributed by atoms with Crippen LogP contribution in [0.25, 0.3) is 6.08 Å². The minimum atomic E-state index is -9.19. The number of nitrogens with zero attached hydrogens (tertiary/aromatic N) is 3. The predicted octanol–water partition coefficient (Wildman–Crippen LogP) is 7.55. The number of benzene rings is 4. The van der Waals surface area contributed by atoms with Crippen molar-refractivity contribution >= 4 is 55.1 Å². The van der Waals surface area contributed by atoms with Crippen LogP contribution in [0.4, 0.5) is 31.1 Å². The number of anilines is 1. The van der Waals surface area contributed by atoms with E-state index in [0.29, 0.717) is 23.8 Å². The third-order valence-electron chi connectivity index (χ3n) is 9.17. The van der Waals surface area contributed by atoms with Gasteiger partial charge in [0.1, 0.15) is 5.75 Å². The molecule has 0 aliphatic carbocycles. The molecular formula is C39H40F6N3O4Sb. The average molecular weight is 851 g/mol. The van der Waals surface area contributed by atoms with Gasteiger partial charge in [0.25, 0.3) is 5.69 Å². The summed E-state index contributed by atoms with van der Waals surface area (Å²) in [5.41, 5.74) is 7.50. The normalized spacial score (nSPS) is 15.7. The van der Waals surface area contributed by atoms with Crippen LogP contribution in [0.2, 0.25) is 0 Å². The first kappa shape index (κ1) is 41.1. The molecule has 4 aromatic rings. The number of halogens is 6. The Morgan fingerprint density at radius 1 is 0.906 bits per heavy atom. The van der Waals surface area contributed by atoms with Crippen LogP contribution in [-0.2, 0) is 12.0 Å². The zero-order chi connectivity index (χ0) is 37.9. The number of non-ortho nitro benzene ring substituents is 1. The predicted molar refractivity (Wildman–Crippen MR) is 195 cm³/mol. The van der Waals surface area contributed by atoms with E-state index in [1.165, 1.54) is 24.1 Å². The first-order chi connectivity index (χ1) is 24.3. The molecule has 0 radical (unpaired) electrons. The third kappa shape index (κ3) is 10.9. The fourth-order valence-corrected chi connectivity index (χ4v) is 6.41. The van der Waals surface area contributed by atoms with E-state index in [0.717, 1.165) is 41.2 Å². The Hall–Kier alpha value is -4.64. The SMILES string of the molecule is CC(C)c1ccc(OC(=O)c2ccc(C[N+]3=C(/C=C/c4ccc(N5CCCC5)cc4)C(C)(C)c4cc([N+](=O)[O-])ccc43)cc2)cc1.[F-].[F][Sb]([F])([F])([F])[F]. The van der Waals surface area contributed by atoms with Crippen molar-refractivity contribution in [2.45, 2.75) is 58.4 Å². The number of hydrogen-bond acceptors (Lipinski definition) is 5. The van der Waals surface area contributed by atoms with E-state index in [4.69, 9.17) is 4.74 Å². The van der Waals surface area contributed by atoms with Crippen molar-refractivity contribution in [1.29, 1.82) is 0 Å². The molecule has 14 heteroatoms. The number of allylic oxidation sites excluding steroid dienone is 1. The number of ether oxygens (including phenoxy) is 1. The van der Waals surface area contributed by atoms with Gasteiger partial charge in [0.05, 0.1) is 15.9 Å². The number of esters is 1. The van der Waals surface area contributed by atoms with Gasteiger partial charge in [-0.15, -0.1) is 0 Å². The Morgan fingerprint density at radius 3 is 2.04 bits per heavy atom. The van der Waals surface area contributed by atoms with Crippen LogP contribution in [-0.4, -0.2) is 54.6 Å². The standard InChI is InChI=1S/C39H40N3O4.6FH.Sb/c1-27(2)30-14-19-34(20-15-30)46-38(43)31-12-7-29(8-13-31)26-41-36-21-18-33(42(44)45)25-35(36)39(3,4)37(41)22-11-28-9-16-32(17-10-28)40-23-5-6-24-40;;;;;;;/h7-22,25,27H,5-6,23-24,26H2,1-4H3;6*1H;/q+1;;;;;;;+5/p-6. The van der Waals surface area contributed by atoms with Crippen molar-refractivity contribution in [2.24, 2.45) is 0 Å². The third-order valence-corrected chi connectivity index (χ3v) is 9.17. The summed E-state index contributed by atoms with van der Waals surface area (Å²) >= 11 is -9.19. The van der Waals surface area contributed by atoms with Gasteiger partial charge in [-0.3, -0.25) is 10.1 Å². The Balaban J connectivity index is 0.000000828. The molecule has 53 heavy (non-hydrogen) atoms. The summed E-state index contributed by atoms with van der Waals surface area (Å²) in [4.78, 5) is 26.6. The van der Waals surface area contributed by atoms with Gasteiger partial charge in [-0.2, -0.15) is 4.58 Å². The number of hydrogen-bond donors (Lipinski definition) is 0. The van der Waals surface area contributed by atoms with Crippen LogP contribution in [0.15, 0.2) is 97.1 Å². The van der Waals surface area contributed by atoms with Crippen molar-refractivity contribution in [2.75, 3.05) is 18.0 Å². The summed E-state index contributed by atoms with van der Waals surface area (Å²) in [6, 6.07) is 28.8. The number of fused-ring (bicyclic) bond motifs is 1. The van der Waals surface area contributed by atoms with E-state index in [1.807, 2.05) is 42.5 Å². The monoisotopic (exact) mass is 849 g/mol. The summed E-state index contributed by atoms with van der Waals surface area (Å²) in [7, 11) is 0. The second kappa shape index (κ2) is 16.2. The molecule has 0 aromatic heterocycles. The molecule has 282 valence electrons. The van der Waals surface area contributed by atoms with Crippen molar-refractivity contribution in [3.8, 4) is 5.75 Å². The Kier molecular flexibility index (Phi) is 12.5. The molecule has 0 amide bonds. The first-order valence-corrected chi connectivity index (χ1v) is 21.6. The van der Waals surface area contributed by atoms with Gasteiger partial charge in [0.2, 0.25) is 5.69 Å². The van der Waals surface area contributed by atoms with Crippen LogP contribution in [0.1, 0.15) is 79.1 Å². The second-order valence-electron chi connectivity index (χ2n) is 13.6. The van der Waals surface area contributed by atoms with E-state index in [2.05, 4.69) is 73.6 Å². The molecule has 0 unspecified atom stereocenters. The van der Waals surface area contributed by atoms with Gasteiger partial charge in [-0.25, -0.2) is 4.79 Å². The molecule has 0 N–H and O–H groups in total. The van der Waals surface area contributed by atoms with Crippen molar-refractivity contribution in [1.82, 2.24) is 0 Å². The molecule has 0 atom stereocenters. The van der Waals surface area contributed by atoms with Crippen molar-refractivity contribution < 1.29 is 37.8 Å². The zero-order valence-corrected chi connectivity index (χ0v) is 32.2. The number of nitro benzene ring substituents is 1. The number of rotatable bonds is 9.